The smallest absolute Gasteiger partial charge is 0.230 e. The summed E-state index contributed by atoms with van der Waals surface area (Å²) in [5.41, 5.74) is -0.635. The van der Waals surface area contributed by atoms with E-state index in [2.05, 4.69) is 4.90 Å². The monoisotopic (exact) mass is 363 g/mol. The molecule has 7 nitrogen and oxygen atoms in total. The fourth-order valence-electron chi connectivity index (χ4n) is 5.01. The standard InChI is InChI=1S/C19H29N3O4/c1-20(11-12-23)17(24)15-14-5-6-19(26-14)13-22(18(25)16(15)19)10-9-21-7-3-2-4-8-21/h5-6,14-16,23H,2-4,7-13H2,1H3/t14-,15-,16-,19-/m0/s1. The molecule has 4 rings (SSSR count). The van der Waals surface area contributed by atoms with Gasteiger partial charge in [-0.2, -0.15) is 0 Å². The van der Waals surface area contributed by atoms with Gasteiger partial charge in [-0.1, -0.05) is 18.6 Å². The van der Waals surface area contributed by atoms with E-state index in [0.29, 0.717) is 13.1 Å². The molecule has 4 atom stereocenters. The van der Waals surface area contributed by atoms with Crippen LogP contribution in [0, 0.1) is 11.8 Å². The molecule has 26 heavy (non-hydrogen) atoms. The number of nitrogens with zero attached hydrogens (tertiary/aromatic N) is 3. The highest BCUT2D eigenvalue weighted by atomic mass is 16.5. The first-order valence-electron chi connectivity index (χ1n) is 9.80. The minimum absolute atomic E-state index is 0.0459. The van der Waals surface area contributed by atoms with E-state index in [1.807, 2.05) is 17.1 Å². The Bertz CT molecular complexity index is 604. The van der Waals surface area contributed by atoms with Crippen molar-refractivity contribution in [1.82, 2.24) is 14.7 Å². The molecule has 0 aromatic carbocycles. The topological polar surface area (TPSA) is 73.3 Å². The molecule has 144 valence electrons. The first kappa shape index (κ1) is 17.9. The van der Waals surface area contributed by atoms with Crippen LogP contribution in [0.1, 0.15) is 19.3 Å². The summed E-state index contributed by atoms with van der Waals surface area (Å²) in [4.78, 5) is 31.8. The maximum Gasteiger partial charge on any atom is 0.230 e. The van der Waals surface area contributed by atoms with Crippen LogP contribution in [0.5, 0.6) is 0 Å². The van der Waals surface area contributed by atoms with Gasteiger partial charge in [-0.3, -0.25) is 9.59 Å². The van der Waals surface area contributed by atoms with Crippen LogP contribution in [-0.2, 0) is 14.3 Å². The Morgan fingerprint density at radius 1 is 1.35 bits per heavy atom. The third-order valence-electron chi connectivity index (χ3n) is 6.41. The number of hydrogen-bond donors (Lipinski definition) is 1. The molecule has 4 aliphatic heterocycles. The van der Waals surface area contributed by atoms with Crippen LogP contribution < -0.4 is 0 Å². The van der Waals surface area contributed by atoms with Crippen LogP contribution in [0.15, 0.2) is 12.2 Å². The molecule has 0 aromatic heterocycles. The molecular formula is C19H29N3O4. The van der Waals surface area contributed by atoms with Crippen molar-refractivity contribution in [2.75, 3.05) is 52.9 Å². The molecule has 2 bridgehead atoms. The summed E-state index contributed by atoms with van der Waals surface area (Å²) in [5.74, 6) is -0.951. The SMILES string of the molecule is CN(CCO)C(=O)[C@H]1[C@@H]2C=C[C@@]3(CN(CCN4CCCCC4)C(=O)[C@H]13)O2. The number of aliphatic hydroxyl groups excluding tert-OH is 1. The van der Waals surface area contributed by atoms with Crippen molar-refractivity contribution in [3.05, 3.63) is 12.2 Å². The van der Waals surface area contributed by atoms with Crippen molar-refractivity contribution < 1.29 is 19.4 Å². The first-order chi connectivity index (χ1) is 12.6. The molecular weight excluding hydrogens is 334 g/mol. The number of fused-ring (bicyclic) bond motifs is 1. The van der Waals surface area contributed by atoms with Gasteiger partial charge in [0.2, 0.25) is 11.8 Å². The van der Waals surface area contributed by atoms with E-state index in [9.17, 15) is 9.59 Å². The lowest BCUT2D eigenvalue weighted by atomic mass is 9.76. The highest BCUT2D eigenvalue weighted by molar-refractivity contribution is 5.93. The second-order valence-corrected chi connectivity index (χ2v) is 8.05. The highest BCUT2D eigenvalue weighted by Crippen LogP contribution is 2.52. The number of likely N-dealkylation sites (N-methyl/N-ethyl adjacent to an activating group) is 1. The maximum absolute atomic E-state index is 13.1. The van der Waals surface area contributed by atoms with Gasteiger partial charge in [0.15, 0.2) is 0 Å². The number of likely N-dealkylation sites (tertiary alicyclic amines) is 2. The Kier molecular flexibility index (Phi) is 4.79. The molecule has 4 heterocycles. The van der Waals surface area contributed by atoms with E-state index in [1.165, 1.54) is 24.2 Å². The Labute approximate surface area is 154 Å². The van der Waals surface area contributed by atoms with Crippen molar-refractivity contribution in [2.24, 2.45) is 11.8 Å². The second kappa shape index (κ2) is 6.94. The van der Waals surface area contributed by atoms with Gasteiger partial charge in [0.1, 0.15) is 5.60 Å². The van der Waals surface area contributed by atoms with Crippen molar-refractivity contribution in [3.63, 3.8) is 0 Å². The number of hydrogen-bond acceptors (Lipinski definition) is 5. The summed E-state index contributed by atoms with van der Waals surface area (Å²) < 4.78 is 6.14. The number of ether oxygens (including phenoxy) is 1. The molecule has 0 aromatic rings. The van der Waals surface area contributed by atoms with Crippen LogP contribution in [-0.4, -0.2) is 96.2 Å². The van der Waals surface area contributed by atoms with Crippen LogP contribution in [0.4, 0.5) is 0 Å². The molecule has 1 spiro atoms. The largest absolute Gasteiger partial charge is 0.395 e. The van der Waals surface area contributed by atoms with Gasteiger partial charge in [-0.05, 0) is 25.9 Å². The van der Waals surface area contributed by atoms with Crippen LogP contribution in [0.3, 0.4) is 0 Å². The van der Waals surface area contributed by atoms with E-state index in [1.54, 1.807) is 7.05 Å². The van der Waals surface area contributed by atoms with E-state index in [4.69, 9.17) is 9.84 Å². The Morgan fingerprint density at radius 3 is 2.85 bits per heavy atom. The minimum Gasteiger partial charge on any atom is -0.395 e. The lowest BCUT2D eigenvalue weighted by Crippen LogP contribution is -2.45. The zero-order valence-electron chi connectivity index (χ0n) is 15.5. The normalized spacial score (nSPS) is 36.0. The van der Waals surface area contributed by atoms with Crippen molar-refractivity contribution in [2.45, 2.75) is 31.0 Å². The number of carbonyl (C=O) groups is 2. The quantitative estimate of drug-likeness (QED) is 0.657. The molecule has 0 unspecified atom stereocenters. The molecule has 3 fully saturated rings. The Hall–Kier alpha value is -1.44. The van der Waals surface area contributed by atoms with Crippen molar-refractivity contribution in [3.8, 4) is 0 Å². The van der Waals surface area contributed by atoms with E-state index in [-0.39, 0.29) is 31.1 Å². The Morgan fingerprint density at radius 2 is 2.12 bits per heavy atom. The molecule has 7 heteroatoms. The van der Waals surface area contributed by atoms with Gasteiger partial charge in [-0.25, -0.2) is 0 Å². The summed E-state index contributed by atoms with van der Waals surface area (Å²) in [6.45, 7) is 4.56. The Balaban J connectivity index is 1.45. The third-order valence-corrected chi connectivity index (χ3v) is 6.41. The zero-order valence-corrected chi connectivity index (χ0v) is 15.5. The molecule has 4 aliphatic rings. The molecule has 3 saturated heterocycles. The number of amides is 2. The number of carbonyl (C=O) groups excluding carboxylic acids is 2. The van der Waals surface area contributed by atoms with Crippen molar-refractivity contribution >= 4 is 11.8 Å². The van der Waals surface area contributed by atoms with E-state index < -0.39 is 17.4 Å². The fraction of sp³-hybridized carbons (Fsp3) is 0.789. The minimum atomic E-state index is -0.635. The summed E-state index contributed by atoms with van der Waals surface area (Å²) in [6.07, 6.45) is 7.39. The lowest BCUT2D eigenvalue weighted by Gasteiger charge is -2.29. The van der Waals surface area contributed by atoms with Gasteiger partial charge in [0, 0.05) is 26.7 Å². The fourth-order valence-corrected chi connectivity index (χ4v) is 5.01. The van der Waals surface area contributed by atoms with Crippen molar-refractivity contribution in [1.29, 1.82) is 0 Å². The van der Waals surface area contributed by atoms with Gasteiger partial charge in [-0.15, -0.1) is 0 Å². The van der Waals surface area contributed by atoms with E-state index in [0.717, 1.165) is 19.6 Å². The summed E-state index contributed by atoms with van der Waals surface area (Å²) >= 11 is 0. The predicted molar refractivity (Wildman–Crippen MR) is 95.3 cm³/mol. The molecule has 0 saturated carbocycles. The highest BCUT2D eigenvalue weighted by Gasteiger charge is 2.66. The summed E-state index contributed by atoms with van der Waals surface area (Å²) in [5, 5.41) is 9.12. The second-order valence-electron chi connectivity index (χ2n) is 8.05. The molecule has 1 N–H and O–H groups in total. The number of piperidine rings is 1. The average Bonchev–Trinajstić information content (AvgIpc) is 3.29. The van der Waals surface area contributed by atoms with Gasteiger partial charge < -0.3 is 24.5 Å². The zero-order chi connectivity index (χ0) is 18.3. The van der Waals surface area contributed by atoms with Gasteiger partial charge in [0.05, 0.1) is 31.1 Å². The third kappa shape index (κ3) is 2.86. The number of rotatable bonds is 6. The molecule has 0 aliphatic carbocycles. The molecule has 0 radical (unpaired) electrons. The van der Waals surface area contributed by atoms with Gasteiger partial charge in [0.25, 0.3) is 0 Å². The predicted octanol–water partition coefficient (Wildman–Crippen LogP) is -0.295. The van der Waals surface area contributed by atoms with Gasteiger partial charge >= 0.3 is 0 Å². The van der Waals surface area contributed by atoms with Crippen LogP contribution in [0.25, 0.3) is 0 Å². The van der Waals surface area contributed by atoms with Crippen LogP contribution >= 0.6 is 0 Å². The molecule has 2 amide bonds. The number of aliphatic hydroxyl groups is 1. The van der Waals surface area contributed by atoms with Crippen LogP contribution in [0.2, 0.25) is 0 Å². The summed E-state index contributed by atoms with van der Waals surface area (Å²) in [6, 6.07) is 0. The average molecular weight is 363 g/mol. The maximum atomic E-state index is 13.1. The summed E-state index contributed by atoms with van der Waals surface area (Å²) in [7, 11) is 1.68. The first-order valence-corrected chi connectivity index (χ1v) is 9.80. The van der Waals surface area contributed by atoms with E-state index >= 15 is 0 Å². The lowest BCUT2D eigenvalue weighted by molar-refractivity contribution is -0.142.